The minimum absolute atomic E-state index is 0.00275. The van der Waals surface area contributed by atoms with E-state index in [0.717, 1.165) is 17.1 Å². The second-order valence-corrected chi connectivity index (χ2v) is 11.1. The van der Waals surface area contributed by atoms with Crippen LogP contribution in [0.2, 0.25) is 0 Å². The highest BCUT2D eigenvalue weighted by molar-refractivity contribution is 7.93. The molecule has 2 aliphatic heterocycles. The number of anilines is 1. The lowest BCUT2D eigenvalue weighted by molar-refractivity contribution is -0.192. The van der Waals surface area contributed by atoms with E-state index in [1.807, 2.05) is 0 Å². The van der Waals surface area contributed by atoms with Crippen molar-refractivity contribution in [2.24, 2.45) is 13.0 Å². The number of nitrogens with zero attached hydrogens (tertiary/aromatic N) is 5. The summed E-state index contributed by atoms with van der Waals surface area (Å²) in [6.45, 7) is 0.574. The van der Waals surface area contributed by atoms with Crippen LogP contribution in [0.1, 0.15) is 42.6 Å². The van der Waals surface area contributed by atoms with E-state index >= 15 is 0 Å². The van der Waals surface area contributed by atoms with Crippen molar-refractivity contribution < 1.29 is 26.3 Å². The Bertz CT molecular complexity index is 1300. The zero-order chi connectivity index (χ0) is 24.8. The molecule has 0 amide bonds. The summed E-state index contributed by atoms with van der Waals surface area (Å²) >= 11 is 0.918. The molecule has 35 heavy (non-hydrogen) atoms. The Balaban J connectivity index is 1.46. The van der Waals surface area contributed by atoms with E-state index < -0.39 is 28.2 Å². The summed E-state index contributed by atoms with van der Waals surface area (Å²) < 4.78 is 80.0. The van der Waals surface area contributed by atoms with Crippen molar-refractivity contribution in [3.63, 3.8) is 0 Å². The van der Waals surface area contributed by atoms with E-state index in [-0.39, 0.29) is 35.5 Å². The first-order chi connectivity index (χ1) is 16.6. The molecule has 5 rings (SSSR count). The molecule has 3 atom stereocenters. The SMILES string of the molecule is Cn1nccc1[C@H]1C[C@@H](C(F)(F)F)CCN1[C@@H]1CCOc2cc(S(=O)(=O)Nc3ncns3)ccc21. The van der Waals surface area contributed by atoms with Gasteiger partial charge >= 0.3 is 6.18 Å². The lowest BCUT2D eigenvalue weighted by atomic mass is 9.85. The van der Waals surface area contributed by atoms with Gasteiger partial charge in [-0.05, 0) is 25.0 Å². The monoisotopic (exact) mass is 528 g/mol. The topological polar surface area (TPSA) is 102 Å². The highest BCUT2D eigenvalue weighted by Gasteiger charge is 2.47. The third-order valence-corrected chi connectivity index (χ3v) is 8.64. The van der Waals surface area contributed by atoms with E-state index in [9.17, 15) is 21.6 Å². The number of hydrogen-bond donors (Lipinski definition) is 1. The smallest absolute Gasteiger partial charge is 0.391 e. The second kappa shape index (κ2) is 9.06. The number of ether oxygens (including phenoxy) is 1. The fourth-order valence-corrected chi connectivity index (χ4v) is 6.59. The molecule has 9 nitrogen and oxygen atoms in total. The van der Waals surface area contributed by atoms with Gasteiger partial charge in [-0.2, -0.15) is 22.6 Å². The van der Waals surface area contributed by atoms with Crippen molar-refractivity contribution in [3.8, 4) is 5.75 Å². The molecule has 2 aromatic heterocycles. The molecule has 1 fully saturated rings. The number of halogens is 3. The standard InChI is InChI=1S/C21H23F3N6O3S2/c1-29-17(4-7-26-29)18-10-13(21(22,23)24)5-8-30(18)16-6-9-33-19-11-14(2-3-15(16)19)35(31,32)28-20-25-12-27-34-20/h2-4,7,11-13,16,18H,5-6,8-10H2,1H3,(H,25,27,28)/t13-,16+,18+/m0/s1. The number of rotatable bonds is 5. The van der Waals surface area contributed by atoms with Gasteiger partial charge in [0.1, 0.15) is 12.1 Å². The summed E-state index contributed by atoms with van der Waals surface area (Å²) in [5.74, 6) is -0.986. The molecule has 0 bridgehead atoms. The summed E-state index contributed by atoms with van der Waals surface area (Å²) in [5.41, 5.74) is 1.47. The number of aromatic nitrogens is 4. The van der Waals surface area contributed by atoms with Crippen molar-refractivity contribution in [2.75, 3.05) is 17.9 Å². The molecule has 2 aliphatic rings. The van der Waals surface area contributed by atoms with Crippen molar-refractivity contribution in [1.82, 2.24) is 24.0 Å². The van der Waals surface area contributed by atoms with Crippen LogP contribution in [0.15, 0.2) is 41.7 Å². The minimum atomic E-state index is -4.26. The molecule has 14 heteroatoms. The van der Waals surface area contributed by atoms with Crippen LogP contribution >= 0.6 is 11.5 Å². The van der Waals surface area contributed by atoms with Crippen molar-refractivity contribution in [2.45, 2.75) is 42.4 Å². The van der Waals surface area contributed by atoms with Crippen LogP contribution in [0.3, 0.4) is 0 Å². The van der Waals surface area contributed by atoms with E-state index in [0.29, 0.717) is 24.5 Å². The molecule has 188 valence electrons. The average Bonchev–Trinajstić information content (AvgIpc) is 3.48. The molecule has 1 aromatic carbocycles. The number of alkyl halides is 3. The Morgan fingerprint density at radius 3 is 2.71 bits per heavy atom. The summed E-state index contributed by atoms with van der Waals surface area (Å²) in [5, 5.41) is 4.32. The third kappa shape index (κ3) is 4.74. The molecule has 0 radical (unpaired) electrons. The number of nitrogens with one attached hydrogen (secondary N) is 1. The largest absolute Gasteiger partial charge is 0.493 e. The summed E-state index contributed by atoms with van der Waals surface area (Å²) in [4.78, 5) is 5.93. The lowest BCUT2D eigenvalue weighted by Gasteiger charge is -2.45. The Labute approximate surface area is 204 Å². The molecule has 0 spiro atoms. The van der Waals surface area contributed by atoms with E-state index in [4.69, 9.17) is 4.74 Å². The molecule has 0 aliphatic carbocycles. The van der Waals surface area contributed by atoms with Gasteiger partial charge in [0.25, 0.3) is 10.0 Å². The maximum absolute atomic E-state index is 13.6. The normalized spacial score (nSPS) is 23.5. The number of benzene rings is 1. The van der Waals surface area contributed by atoms with Gasteiger partial charge in [0.15, 0.2) is 0 Å². The lowest BCUT2D eigenvalue weighted by Crippen LogP contribution is -2.44. The fourth-order valence-electron chi connectivity index (χ4n) is 4.91. The number of hydrogen-bond acceptors (Lipinski definition) is 8. The van der Waals surface area contributed by atoms with Crippen LogP contribution in [0, 0.1) is 5.92 Å². The maximum atomic E-state index is 13.6. The average molecular weight is 529 g/mol. The quantitative estimate of drug-likeness (QED) is 0.536. The highest BCUT2D eigenvalue weighted by atomic mass is 32.2. The second-order valence-electron chi connectivity index (χ2n) is 8.60. The summed E-state index contributed by atoms with van der Waals surface area (Å²) in [6, 6.07) is 5.66. The third-order valence-electron chi connectivity index (χ3n) is 6.59. The first kappa shape index (κ1) is 24.0. The predicted molar refractivity (Wildman–Crippen MR) is 121 cm³/mol. The maximum Gasteiger partial charge on any atom is 0.391 e. The van der Waals surface area contributed by atoms with Crippen LogP contribution in [0.5, 0.6) is 5.75 Å². The first-order valence-corrected chi connectivity index (χ1v) is 13.3. The van der Waals surface area contributed by atoms with Crippen molar-refractivity contribution in [1.29, 1.82) is 0 Å². The minimum Gasteiger partial charge on any atom is -0.493 e. The van der Waals surface area contributed by atoms with Gasteiger partial charge in [0, 0.05) is 55.4 Å². The van der Waals surface area contributed by atoms with E-state index in [1.54, 1.807) is 30.1 Å². The van der Waals surface area contributed by atoms with Crippen molar-refractivity contribution >= 4 is 26.7 Å². The number of likely N-dealkylation sites (tertiary alicyclic amines) is 1. The van der Waals surface area contributed by atoms with Crippen LogP contribution < -0.4 is 9.46 Å². The van der Waals surface area contributed by atoms with E-state index in [2.05, 4.69) is 24.1 Å². The van der Waals surface area contributed by atoms with Gasteiger partial charge < -0.3 is 4.74 Å². The Morgan fingerprint density at radius 1 is 1.20 bits per heavy atom. The Hall–Kier alpha value is -2.71. The number of fused-ring (bicyclic) bond motifs is 1. The summed E-state index contributed by atoms with van der Waals surface area (Å²) in [7, 11) is -2.18. The van der Waals surface area contributed by atoms with E-state index in [1.165, 1.54) is 18.5 Å². The number of piperidine rings is 1. The predicted octanol–water partition coefficient (Wildman–Crippen LogP) is 3.91. The van der Waals surface area contributed by atoms with Gasteiger partial charge in [-0.1, -0.05) is 6.07 Å². The molecule has 0 unspecified atom stereocenters. The first-order valence-electron chi connectivity index (χ1n) is 11.0. The molecule has 3 aromatic rings. The molecule has 1 saturated heterocycles. The molecular weight excluding hydrogens is 505 g/mol. The summed E-state index contributed by atoms with van der Waals surface area (Å²) in [6.07, 6.45) is -0.905. The van der Waals surface area contributed by atoms with Crippen LogP contribution in [0.25, 0.3) is 0 Å². The van der Waals surface area contributed by atoms with Crippen molar-refractivity contribution in [3.05, 3.63) is 48.0 Å². The number of aryl methyl sites for hydroxylation is 1. The van der Waals surface area contributed by atoms with Gasteiger partial charge in [0.2, 0.25) is 5.13 Å². The molecule has 4 heterocycles. The van der Waals surface area contributed by atoms with Crippen LogP contribution in [-0.4, -0.2) is 51.8 Å². The zero-order valence-electron chi connectivity index (χ0n) is 18.6. The van der Waals surface area contributed by atoms with Crippen LogP contribution in [0.4, 0.5) is 18.3 Å². The van der Waals surface area contributed by atoms with Gasteiger partial charge in [-0.3, -0.25) is 14.3 Å². The Morgan fingerprint density at radius 2 is 2.03 bits per heavy atom. The fraction of sp³-hybridized carbons (Fsp3) is 0.476. The Kier molecular flexibility index (Phi) is 6.21. The highest BCUT2D eigenvalue weighted by Crippen LogP contribution is 2.48. The van der Waals surface area contributed by atoms with Gasteiger partial charge in [0.05, 0.1) is 29.2 Å². The molecule has 1 N–H and O–H groups in total. The molecule has 0 saturated carbocycles. The number of sulfonamides is 1. The van der Waals surface area contributed by atoms with Gasteiger partial charge in [-0.15, -0.1) is 0 Å². The molecular formula is C21H23F3N6O3S2. The van der Waals surface area contributed by atoms with Crippen LogP contribution in [-0.2, 0) is 17.1 Å². The van der Waals surface area contributed by atoms with Gasteiger partial charge in [-0.25, -0.2) is 13.4 Å². The zero-order valence-corrected chi connectivity index (χ0v) is 20.3.